The number of anilines is 1. The Morgan fingerprint density at radius 2 is 2.12 bits per heavy atom. The molecule has 1 N–H and O–H groups in total. The molecule has 1 unspecified atom stereocenters. The van der Waals surface area contributed by atoms with E-state index in [-0.39, 0.29) is 0 Å². The highest BCUT2D eigenvalue weighted by atomic mass is 32.1. The Hall–Kier alpha value is -0.890. The van der Waals surface area contributed by atoms with Gasteiger partial charge in [-0.3, -0.25) is 0 Å². The third-order valence-electron chi connectivity index (χ3n) is 2.13. The zero-order chi connectivity index (χ0) is 13.1. The molecule has 0 bridgehead atoms. The second kappa shape index (κ2) is 5.63. The van der Waals surface area contributed by atoms with Crippen molar-refractivity contribution < 1.29 is 13.2 Å². The standard InChI is InChI=1S/C9H15F3N4S/c1-6(4-13-2)5-16(3)8-14-7(15-17-8)9(10,11)12/h6,13H,4-5H2,1-3H3. The summed E-state index contributed by atoms with van der Waals surface area (Å²) in [6.45, 7) is 3.45. The zero-order valence-electron chi connectivity index (χ0n) is 9.88. The van der Waals surface area contributed by atoms with Crippen molar-refractivity contribution in [2.24, 2.45) is 5.92 Å². The maximum atomic E-state index is 12.3. The van der Waals surface area contributed by atoms with Gasteiger partial charge in [0, 0.05) is 25.1 Å². The molecule has 0 aliphatic heterocycles. The van der Waals surface area contributed by atoms with Crippen molar-refractivity contribution in [2.75, 3.05) is 32.1 Å². The first kappa shape index (κ1) is 14.2. The Morgan fingerprint density at radius 3 is 2.59 bits per heavy atom. The van der Waals surface area contributed by atoms with E-state index in [0.29, 0.717) is 17.6 Å². The molecule has 0 spiro atoms. The predicted octanol–water partition coefficient (Wildman–Crippen LogP) is 1.85. The van der Waals surface area contributed by atoms with Crippen LogP contribution in [0, 0.1) is 5.92 Å². The van der Waals surface area contributed by atoms with Crippen LogP contribution in [-0.4, -0.2) is 36.5 Å². The molecule has 1 aromatic rings. The number of aromatic nitrogens is 2. The van der Waals surface area contributed by atoms with Crippen LogP contribution in [0.15, 0.2) is 0 Å². The second-order valence-corrected chi connectivity index (χ2v) is 4.67. The second-order valence-electron chi connectivity index (χ2n) is 3.94. The lowest BCUT2D eigenvalue weighted by molar-refractivity contribution is -0.144. The fraction of sp³-hybridized carbons (Fsp3) is 0.778. The molecule has 8 heteroatoms. The lowest BCUT2D eigenvalue weighted by Crippen LogP contribution is -2.29. The van der Waals surface area contributed by atoms with Crippen molar-refractivity contribution in [1.29, 1.82) is 0 Å². The summed E-state index contributed by atoms with van der Waals surface area (Å²) in [4.78, 5) is 5.17. The lowest BCUT2D eigenvalue weighted by atomic mass is 10.2. The van der Waals surface area contributed by atoms with Gasteiger partial charge in [-0.1, -0.05) is 6.92 Å². The van der Waals surface area contributed by atoms with Crippen LogP contribution in [0.1, 0.15) is 12.7 Å². The largest absolute Gasteiger partial charge is 0.452 e. The van der Waals surface area contributed by atoms with Gasteiger partial charge in [-0.05, 0) is 19.5 Å². The molecule has 0 aliphatic rings. The van der Waals surface area contributed by atoms with E-state index in [9.17, 15) is 13.2 Å². The zero-order valence-corrected chi connectivity index (χ0v) is 10.7. The van der Waals surface area contributed by atoms with E-state index in [0.717, 1.165) is 18.1 Å². The summed E-state index contributed by atoms with van der Waals surface area (Å²) in [5.41, 5.74) is 0. The van der Waals surface area contributed by atoms with Gasteiger partial charge in [0.25, 0.3) is 0 Å². The number of hydrogen-bond acceptors (Lipinski definition) is 5. The van der Waals surface area contributed by atoms with Gasteiger partial charge < -0.3 is 10.2 Å². The van der Waals surface area contributed by atoms with Crippen LogP contribution < -0.4 is 10.2 Å². The molecule has 0 aromatic carbocycles. The minimum absolute atomic E-state index is 0.292. The van der Waals surface area contributed by atoms with Gasteiger partial charge >= 0.3 is 6.18 Å². The monoisotopic (exact) mass is 268 g/mol. The minimum Gasteiger partial charge on any atom is -0.350 e. The first-order valence-electron chi connectivity index (χ1n) is 5.11. The van der Waals surface area contributed by atoms with E-state index in [1.54, 1.807) is 11.9 Å². The number of rotatable bonds is 5. The molecule has 0 fully saturated rings. The number of halogens is 3. The molecule has 17 heavy (non-hydrogen) atoms. The summed E-state index contributed by atoms with van der Waals surface area (Å²) in [5, 5.41) is 3.31. The molecule has 1 atom stereocenters. The van der Waals surface area contributed by atoms with Crippen molar-refractivity contribution in [1.82, 2.24) is 14.7 Å². The Kier molecular flexibility index (Phi) is 4.70. The van der Waals surface area contributed by atoms with Gasteiger partial charge in [-0.25, -0.2) is 0 Å². The highest BCUT2D eigenvalue weighted by Gasteiger charge is 2.36. The molecule has 1 aromatic heterocycles. The van der Waals surface area contributed by atoms with Crippen molar-refractivity contribution >= 4 is 16.7 Å². The van der Waals surface area contributed by atoms with Crippen molar-refractivity contribution in [3.8, 4) is 0 Å². The van der Waals surface area contributed by atoms with Crippen LogP contribution in [0.3, 0.4) is 0 Å². The fourth-order valence-corrected chi connectivity index (χ4v) is 2.10. The normalized spacial score (nSPS) is 13.8. The summed E-state index contributed by atoms with van der Waals surface area (Å²) in [6, 6.07) is 0. The first-order chi connectivity index (χ1) is 7.84. The maximum Gasteiger partial charge on any atom is 0.452 e. The van der Waals surface area contributed by atoms with Gasteiger partial charge in [0.2, 0.25) is 11.0 Å². The summed E-state index contributed by atoms with van der Waals surface area (Å²) in [5.74, 6) is -0.742. The van der Waals surface area contributed by atoms with Crippen LogP contribution in [0.2, 0.25) is 0 Å². The van der Waals surface area contributed by atoms with Crippen molar-refractivity contribution in [3.63, 3.8) is 0 Å². The molecule has 0 aliphatic carbocycles. The third-order valence-corrected chi connectivity index (χ3v) is 2.96. The molecule has 0 saturated heterocycles. The fourth-order valence-electron chi connectivity index (χ4n) is 1.44. The molecule has 0 radical (unpaired) electrons. The average molecular weight is 268 g/mol. The molecule has 98 valence electrons. The molecule has 0 saturated carbocycles. The molecular weight excluding hydrogens is 253 g/mol. The van der Waals surface area contributed by atoms with Gasteiger partial charge in [-0.15, -0.1) is 0 Å². The van der Waals surface area contributed by atoms with Crippen LogP contribution >= 0.6 is 11.5 Å². The van der Waals surface area contributed by atoms with E-state index in [4.69, 9.17) is 0 Å². The topological polar surface area (TPSA) is 41.0 Å². The van der Waals surface area contributed by atoms with E-state index in [1.165, 1.54) is 0 Å². The van der Waals surface area contributed by atoms with E-state index in [2.05, 4.69) is 14.7 Å². The Balaban J connectivity index is 2.64. The van der Waals surface area contributed by atoms with Crippen LogP contribution in [0.4, 0.5) is 18.3 Å². The highest BCUT2D eigenvalue weighted by molar-refractivity contribution is 7.09. The van der Waals surface area contributed by atoms with E-state index >= 15 is 0 Å². The van der Waals surface area contributed by atoms with Gasteiger partial charge in [-0.2, -0.15) is 22.5 Å². The predicted molar refractivity (Wildman–Crippen MR) is 61.3 cm³/mol. The summed E-state index contributed by atoms with van der Waals surface area (Å²) in [6.07, 6.45) is -4.47. The van der Waals surface area contributed by atoms with Crippen molar-refractivity contribution in [2.45, 2.75) is 13.1 Å². The summed E-state index contributed by atoms with van der Waals surface area (Å²) in [7, 11) is 3.55. The molecule has 0 amide bonds. The Labute approximate surface area is 102 Å². The number of nitrogens with zero attached hydrogens (tertiary/aromatic N) is 3. The van der Waals surface area contributed by atoms with Crippen molar-refractivity contribution in [3.05, 3.63) is 5.82 Å². The third kappa shape index (κ3) is 4.12. The smallest absolute Gasteiger partial charge is 0.350 e. The molecule has 1 rings (SSSR count). The van der Waals surface area contributed by atoms with Crippen LogP contribution in [0.25, 0.3) is 0 Å². The van der Waals surface area contributed by atoms with Gasteiger partial charge in [0.1, 0.15) is 0 Å². The van der Waals surface area contributed by atoms with E-state index in [1.807, 2.05) is 14.0 Å². The number of hydrogen-bond donors (Lipinski definition) is 1. The summed E-state index contributed by atoms with van der Waals surface area (Å²) < 4.78 is 40.2. The summed E-state index contributed by atoms with van der Waals surface area (Å²) >= 11 is 0.769. The van der Waals surface area contributed by atoms with Gasteiger partial charge in [0.05, 0.1) is 0 Å². The van der Waals surface area contributed by atoms with Crippen LogP contribution in [0.5, 0.6) is 0 Å². The molecular formula is C9H15F3N4S. The SMILES string of the molecule is CNCC(C)CN(C)c1nc(C(F)(F)F)ns1. The number of nitrogens with one attached hydrogen (secondary N) is 1. The Bertz CT molecular complexity index is 352. The van der Waals surface area contributed by atoms with E-state index < -0.39 is 12.0 Å². The Morgan fingerprint density at radius 1 is 1.47 bits per heavy atom. The highest BCUT2D eigenvalue weighted by Crippen LogP contribution is 2.30. The molecule has 4 nitrogen and oxygen atoms in total. The first-order valence-corrected chi connectivity index (χ1v) is 5.88. The minimum atomic E-state index is -4.47. The quantitative estimate of drug-likeness (QED) is 0.885. The number of alkyl halides is 3. The van der Waals surface area contributed by atoms with Gasteiger partial charge in [0.15, 0.2) is 0 Å². The maximum absolute atomic E-state index is 12.3. The average Bonchev–Trinajstić information content (AvgIpc) is 2.65. The lowest BCUT2D eigenvalue weighted by Gasteiger charge is -2.19. The van der Waals surface area contributed by atoms with Crippen LogP contribution in [-0.2, 0) is 6.18 Å². The molecule has 1 heterocycles.